The highest BCUT2D eigenvalue weighted by atomic mass is 32.2. The zero-order chi connectivity index (χ0) is 13.9. The number of hydrogen-bond donors (Lipinski definition) is 1. The molecule has 2 rings (SSSR count). The third kappa shape index (κ3) is 4.35. The second kappa shape index (κ2) is 6.09. The van der Waals surface area contributed by atoms with E-state index in [0.29, 0.717) is 4.58 Å². The lowest BCUT2D eigenvalue weighted by Crippen LogP contribution is -2.33. The van der Waals surface area contributed by atoms with Gasteiger partial charge in [-0.3, -0.25) is 4.79 Å². The molecule has 1 aliphatic rings. The Morgan fingerprint density at radius 1 is 1.21 bits per heavy atom. The van der Waals surface area contributed by atoms with Crippen molar-refractivity contribution in [2.24, 2.45) is 0 Å². The molecule has 1 aromatic carbocycles. The van der Waals surface area contributed by atoms with Gasteiger partial charge < -0.3 is 5.32 Å². The van der Waals surface area contributed by atoms with Crippen molar-refractivity contribution in [1.82, 2.24) is 5.32 Å². The number of halogens is 3. The fourth-order valence-electron chi connectivity index (χ4n) is 1.63. The van der Waals surface area contributed by atoms with Gasteiger partial charge >= 0.3 is 6.18 Å². The molecule has 2 nitrogen and oxygen atoms in total. The topological polar surface area (TPSA) is 29.1 Å². The summed E-state index contributed by atoms with van der Waals surface area (Å²) in [5.41, 5.74) is 1.35. The normalized spacial score (nSPS) is 16.6. The Morgan fingerprint density at radius 2 is 1.79 bits per heavy atom. The van der Waals surface area contributed by atoms with E-state index in [2.05, 4.69) is 0 Å². The molecule has 0 aromatic heterocycles. The number of alkyl halides is 3. The minimum atomic E-state index is -4.38. The van der Waals surface area contributed by atoms with Gasteiger partial charge in [0.25, 0.3) is 5.91 Å². The van der Waals surface area contributed by atoms with Crippen LogP contribution in [0, 0.1) is 0 Å². The zero-order valence-corrected chi connectivity index (χ0v) is 11.5. The first kappa shape index (κ1) is 14.6. The smallest absolute Gasteiger partial charge is 0.343 e. The molecular formula is C12H12F3NOS2. The summed E-state index contributed by atoms with van der Waals surface area (Å²) in [5, 5.41) is 1.85. The molecule has 1 aliphatic heterocycles. The largest absolute Gasteiger partial charge is 0.405 e. The van der Waals surface area contributed by atoms with Crippen molar-refractivity contribution in [3.05, 3.63) is 35.4 Å². The van der Waals surface area contributed by atoms with Gasteiger partial charge in [-0.15, -0.1) is 23.5 Å². The van der Waals surface area contributed by atoms with Gasteiger partial charge in [0.05, 0.1) is 4.58 Å². The average molecular weight is 307 g/mol. The summed E-state index contributed by atoms with van der Waals surface area (Å²) in [6, 6.07) is 6.75. The van der Waals surface area contributed by atoms with Crippen LogP contribution < -0.4 is 5.32 Å². The predicted octanol–water partition coefficient (Wildman–Crippen LogP) is 3.46. The summed E-state index contributed by atoms with van der Waals surface area (Å²) in [6.45, 7) is -1.30. The molecule has 1 amide bonds. The molecule has 0 atom stereocenters. The number of amides is 1. The molecule has 0 spiro atoms. The van der Waals surface area contributed by atoms with E-state index in [-0.39, 0.29) is 5.56 Å². The van der Waals surface area contributed by atoms with Crippen LogP contribution in [0.2, 0.25) is 0 Å². The summed E-state index contributed by atoms with van der Waals surface area (Å²) in [4.78, 5) is 11.5. The van der Waals surface area contributed by atoms with Gasteiger partial charge in [-0.25, -0.2) is 0 Å². The molecule has 0 aliphatic carbocycles. The molecule has 0 unspecified atom stereocenters. The minimum Gasteiger partial charge on any atom is -0.343 e. The molecule has 104 valence electrons. The highest BCUT2D eigenvalue weighted by molar-refractivity contribution is 8.19. The fourth-order valence-corrected chi connectivity index (χ4v) is 4.48. The Balaban J connectivity index is 1.95. The number of carbonyl (C=O) groups is 1. The van der Waals surface area contributed by atoms with Crippen LogP contribution >= 0.6 is 23.5 Å². The molecule has 7 heteroatoms. The van der Waals surface area contributed by atoms with Gasteiger partial charge in [-0.05, 0) is 17.7 Å². The van der Waals surface area contributed by atoms with Crippen LogP contribution in [-0.4, -0.2) is 30.1 Å². The average Bonchev–Trinajstić information content (AvgIpc) is 2.89. The van der Waals surface area contributed by atoms with Crippen LogP contribution in [0.5, 0.6) is 0 Å². The number of carbonyl (C=O) groups excluding carboxylic acids is 1. The molecule has 1 N–H and O–H groups in total. The molecule has 19 heavy (non-hydrogen) atoms. The number of nitrogens with one attached hydrogen (secondary N) is 1. The van der Waals surface area contributed by atoms with Crippen molar-refractivity contribution < 1.29 is 18.0 Å². The van der Waals surface area contributed by atoms with Crippen molar-refractivity contribution in [1.29, 1.82) is 0 Å². The van der Waals surface area contributed by atoms with Crippen LogP contribution in [0.15, 0.2) is 24.3 Å². The van der Waals surface area contributed by atoms with Crippen molar-refractivity contribution in [2.75, 3.05) is 18.1 Å². The number of rotatable bonds is 3. The van der Waals surface area contributed by atoms with E-state index in [4.69, 9.17) is 0 Å². The zero-order valence-electron chi connectivity index (χ0n) is 9.87. The third-order valence-corrected chi connectivity index (χ3v) is 5.62. The molecule has 0 radical (unpaired) electrons. The van der Waals surface area contributed by atoms with Gasteiger partial charge in [0.1, 0.15) is 6.54 Å². The molecular weight excluding hydrogens is 295 g/mol. The third-order valence-electron chi connectivity index (χ3n) is 2.52. The summed E-state index contributed by atoms with van der Waals surface area (Å²) >= 11 is 3.67. The molecule has 1 saturated heterocycles. The lowest BCUT2D eigenvalue weighted by atomic mass is 10.1. The van der Waals surface area contributed by atoms with Crippen molar-refractivity contribution in [2.45, 2.75) is 10.8 Å². The second-order valence-electron chi connectivity index (χ2n) is 3.99. The van der Waals surface area contributed by atoms with E-state index < -0.39 is 18.6 Å². The Bertz CT molecular complexity index is 441. The number of hydrogen-bond acceptors (Lipinski definition) is 3. The lowest BCUT2D eigenvalue weighted by molar-refractivity contribution is -0.123. The highest BCUT2D eigenvalue weighted by Gasteiger charge is 2.28. The fraction of sp³-hybridized carbons (Fsp3) is 0.417. The minimum absolute atomic E-state index is 0.251. The predicted molar refractivity (Wildman–Crippen MR) is 72.5 cm³/mol. The molecule has 0 saturated carbocycles. The SMILES string of the molecule is O=C(NCC(F)(F)F)c1ccc(C2SCCS2)cc1. The summed E-state index contributed by atoms with van der Waals surface area (Å²) in [7, 11) is 0. The van der Waals surface area contributed by atoms with Crippen molar-refractivity contribution in [3.8, 4) is 0 Å². The van der Waals surface area contributed by atoms with E-state index in [1.165, 1.54) is 0 Å². The number of benzene rings is 1. The Hall–Kier alpha value is -0.820. The van der Waals surface area contributed by atoms with Crippen LogP contribution in [-0.2, 0) is 0 Å². The molecule has 1 heterocycles. The molecule has 1 fully saturated rings. The maximum atomic E-state index is 12.0. The van der Waals surface area contributed by atoms with E-state index >= 15 is 0 Å². The van der Waals surface area contributed by atoms with Crippen molar-refractivity contribution >= 4 is 29.4 Å². The van der Waals surface area contributed by atoms with Gasteiger partial charge in [-0.1, -0.05) is 12.1 Å². The van der Waals surface area contributed by atoms with Gasteiger partial charge in [0, 0.05) is 17.1 Å². The Labute approximate surface area is 117 Å². The Kier molecular flexibility index (Phi) is 4.67. The number of thioether (sulfide) groups is 2. The second-order valence-corrected chi connectivity index (χ2v) is 6.72. The first-order valence-corrected chi connectivity index (χ1v) is 7.73. The van der Waals surface area contributed by atoms with E-state index in [0.717, 1.165) is 17.1 Å². The van der Waals surface area contributed by atoms with Gasteiger partial charge in [0.2, 0.25) is 0 Å². The van der Waals surface area contributed by atoms with E-state index in [1.54, 1.807) is 24.3 Å². The quantitative estimate of drug-likeness (QED) is 0.927. The highest BCUT2D eigenvalue weighted by Crippen LogP contribution is 2.45. The maximum absolute atomic E-state index is 12.0. The van der Waals surface area contributed by atoms with Crippen LogP contribution in [0.25, 0.3) is 0 Å². The Morgan fingerprint density at radius 3 is 2.32 bits per heavy atom. The first-order chi connectivity index (χ1) is 8.96. The maximum Gasteiger partial charge on any atom is 0.405 e. The van der Waals surface area contributed by atoms with Crippen LogP contribution in [0.3, 0.4) is 0 Å². The van der Waals surface area contributed by atoms with Gasteiger partial charge in [0.15, 0.2) is 0 Å². The summed E-state index contributed by atoms with van der Waals surface area (Å²) in [5.74, 6) is 1.50. The van der Waals surface area contributed by atoms with Crippen molar-refractivity contribution in [3.63, 3.8) is 0 Å². The van der Waals surface area contributed by atoms with E-state index in [9.17, 15) is 18.0 Å². The van der Waals surface area contributed by atoms with Crippen LogP contribution in [0.1, 0.15) is 20.5 Å². The standard InChI is InChI=1S/C12H12F3NOS2/c13-12(14,15)7-16-10(17)8-1-3-9(4-2-8)11-18-5-6-19-11/h1-4,11H,5-7H2,(H,16,17). The first-order valence-electron chi connectivity index (χ1n) is 5.64. The summed E-state index contributed by atoms with van der Waals surface area (Å²) in [6.07, 6.45) is -4.38. The van der Waals surface area contributed by atoms with Gasteiger partial charge in [-0.2, -0.15) is 13.2 Å². The monoisotopic (exact) mass is 307 g/mol. The van der Waals surface area contributed by atoms with Crippen LogP contribution in [0.4, 0.5) is 13.2 Å². The summed E-state index contributed by atoms with van der Waals surface area (Å²) < 4.78 is 36.3. The lowest BCUT2D eigenvalue weighted by Gasteiger charge is -2.10. The molecule has 1 aromatic rings. The molecule has 0 bridgehead atoms. The van der Waals surface area contributed by atoms with E-state index in [1.807, 2.05) is 28.8 Å².